The highest BCUT2D eigenvalue weighted by atomic mass is 35.5. The SMILES string of the molecule is CCC(CO)NCc1cccc(Cl)c1. The van der Waals surface area contributed by atoms with Gasteiger partial charge in [-0.05, 0) is 24.1 Å². The van der Waals surface area contributed by atoms with Crippen molar-refractivity contribution in [3.8, 4) is 0 Å². The Bertz CT molecular complexity index is 274. The normalized spacial score (nSPS) is 12.8. The topological polar surface area (TPSA) is 32.3 Å². The minimum absolute atomic E-state index is 0.175. The maximum absolute atomic E-state index is 8.97. The molecule has 2 N–H and O–H groups in total. The van der Waals surface area contributed by atoms with E-state index < -0.39 is 0 Å². The van der Waals surface area contributed by atoms with Crippen LogP contribution in [-0.2, 0) is 6.54 Å². The lowest BCUT2D eigenvalue weighted by atomic mass is 10.2. The van der Waals surface area contributed by atoms with Crippen molar-refractivity contribution < 1.29 is 5.11 Å². The van der Waals surface area contributed by atoms with Gasteiger partial charge in [-0.3, -0.25) is 0 Å². The second kappa shape index (κ2) is 6.02. The smallest absolute Gasteiger partial charge is 0.0584 e. The van der Waals surface area contributed by atoms with Crippen molar-refractivity contribution in [3.05, 3.63) is 34.9 Å². The van der Waals surface area contributed by atoms with Crippen molar-refractivity contribution >= 4 is 11.6 Å². The van der Waals surface area contributed by atoms with Crippen molar-refractivity contribution in [3.63, 3.8) is 0 Å². The molecule has 0 aromatic heterocycles. The first kappa shape index (κ1) is 11.5. The van der Waals surface area contributed by atoms with Gasteiger partial charge in [0.2, 0.25) is 0 Å². The minimum Gasteiger partial charge on any atom is -0.395 e. The molecule has 3 heteroatoms. The van der Waals surface area contributed by atoms with Crippen LogP contribution in [0.3, 0.4) is 0 Å². The molecule has 1 atom stereocenters. The Morgan fingerprint density at radius 1 is 1.50 bits per heavy atom. The predicted octanol–water partition coefficient (Wildman–Crippen LogP) is 2.20. The lowest BCUT2D eigenvalue weighted by Gasteiger charge is -2.13. The Hall–Kier alpha value is -0.570. The Morgan fingerprint density at radius 2 is 2.29 bits per heavy atom. The fraction of sp³-hybridized carbons (Fsp3) is 0.455. The van der Waals surface area contributed by atoms with E-state index in [1.807, 2.05) is 31.2 Å². The van der Waals surface area contributed by atoms with E-state index in [4.69, 9.17) is 16.7 Å². The van der Waals surface area contributed by atoms with Gasteiger partial charge in [-0.2, -0.15) is 0 Å². The molecule has 14 heavy (non-hydrogen) atoms. The second-order valence-electron chi connectivity index (χ2n) is 3.30. The molecule has 1 rings (SSSR count). The molecule has 0 amide bonds. The molecule has 0 heterocycles. The summed E-state index contributed by atoms with van der Waals surface area (Å²) in [4.78, 5) is 0. The summed E-state index contributed by atoms with van der Waals surface area (Å²) in [6, 6.07) is 7.91. The number of nitrogens with one attached hydrogen (secondary N) is 1. The first-order valence-corrected chi connectivity index (χ1v) is 5.22. The average molecular weight is 214 g/mol. The Balaban J connectivity index is 2.44. The third-order valence-electron chi connectivity index (χ3n) is 2.20. The molecule has 0 spiro atoms. The molecule has 0 aliphatic heterocycles. The predicted molar refractivity (Wildman–Crippen MR) is 59.5 cm³/mol. The highest BCUT2D eigenvalue weighted by Crippen LogP contribution is 2.10. The summed E-state index contributed by atoms with van der Waals surface area (Å²) in [6.45, 7) is 2.97. The van der Waals surface area contributed by atoms with Crippen LogP contribution in [0, 0.1) is 0 Å². The Morgan fingerprint density at radius 3 is 2.86 bits per heavy atom. The molecule has 0 bridgehead atoms. The molecule has 0 aliphatic carbocycles. The van der Waals surface area contributed by atoms with Crippen LogP contribution >= 0.6 is 11.6 Å². The fourth-order valence-electron chi connectivity index (χ4n) is 1.25. The van der Waals surface area contributed by atoms with Crippen molar-refractivity contribution in [2.24, 2.45) is 0 Å². The molecule has 0 saturated heterocycles. The van der Waals surface area contributed by atoms with Gasteiger partial charge in [0.25, 0.3) is 0 Å². The Kier molecular flexibility index (Phi) is 4.94. The quantitative estimate of drug-likeness (QED) is 0.786. The standard InChI is InChI=1S/C11H16ClNO/c1-2-11(8-14)13-7-9-4-3-5-10(12)6-9/h3-6,11,13-14H,2,7-8H2,1H3. The first-order chi connectivity index (χ1) is 6.76. The molecular formula is C11H16ClNO. The van der Waals surface area contributed by atoms with Crippen LogP contribution in [0.1, 0.15) is 18.9 Å². The Labute approximate surface area is 89.9 Å². The van der Waals surface area contributed by atoms with Gasteiger partial charge < -0.3 is 10.4 Å². The molecule has 0 aliphatic rings. The van der Waals surface area contributed by atoms with E-state index in [1.54, 1.807) is 0 Å². The third kappa shape index (κ3) is 3.66. The molecule has 0 fully saturated rings. The van der Waals surface area contributed by atoms with Gasteiger partial charge in [-0.1, -0.05) is 30.7 Å². The largest absolute Gasteiger partial charge is 0.395 e. The molecule has 1 aromatic carbocycles. The van der Waals surface area contributed by atoms with Crippen LogP contribution in [0.15, 0.2) is 24.3 Å². The van der Waals surface area contributed by atoms with Crippen LogP contribution in [0.2, 0.25) is 5.02 Å². The van der Waals surface area contributed by atoms with E-state index in [0.717, 1.165) is 23.6 Å². The number of benzene rings is 1. The van der Waals surface area contributed by atoms with E-state index in [2.05, 4.69) is 5.32 Å². The fourth-order valence-corrected chi connectivity index (χ4v) is 1.46. The van der Waals surface area contributed by atoms with E-state index in [9.17, 15) is 0 Å². The van der Waals surface area contributed by atoms with Gasteiger partial charge in [0.15, 0.2) is 0 Å². The van der Waals surface area contributed by atoms with Crippen molar-refractivity contribution in [2.45, 2.75) is 25.9 Å². The summed E-state index contributed by atoms with van der Waals surface area (Å²) in [6.07, 6.45) is 0.928. The lowest BCUT2D eigenvalue weighted by Crippen LogP contribution is -2.31. The van der Waals surface area contributed by atoms with Crippen LogP contribution in [-0.4, -0.2) is 17.8 Å². The summed E-state index contributed by atoms with van der Waals surface area (Å²) in [5.41, 5.74) is 1.14. The highest BCUT2D eigenvalue weighted by Gasteiger charge is 2.02. The highest BCUT2D eigenvalue weighted by molar-refractivity contribution is 6.30. The van der Waals surface area contributed by atoms with Crippen molar-refractivity contribution in [1.29, 1.82) is 0 Å². The van der Waals surface area contributed by atoms with Crippen LogP contribution in [0.4, 0.5) is 0 Å². The van der Waals surface area contributed by atoms with Gasteiger partial charge in [0, 0.05) is 17.6 Å². The number of aliphatic hydroxyl groups excluding tert-OH is 1. The number of hydrogen-bond acceptors (Lipinski definition) is 2. The minimum atomic E-state index is 0.175. The summed E-state index contributed by atoms with van der Waals surface area (Å²) in [5, 5.41) is 13.0. The summed E-state index contributed by atoms with van der Waals surface area (Å²) in [5.74, 6) is 0. The third-order valence-corrected chi connectivity index (χ3v) is 2.43. The molecular weight excluding hydrogens is 198 g/mol. The van der Waals surface area contributed by atoms with Gasteiger partial charge in [-0.25, -0.2) is 0 Å². The molecule has 1 unspecified atom stereocenters. The first-order valence-electron chi connectivity index (χ1n) is 4.85. The van der Waals surface area contributed by atoms with E-state index >= 15 is 0 Å². The zero-order valence-electron chi connectivity index (χ0n) is 8.33. The van der Waals surface area contributed by atoms with Gasteiger partial charge in [0.05, 0.1) is 6.61 Å². The summed E-state index contributed by atoms with van der Waals surface area (Å²) in [7, 11) is 0. The van der Waals surface area contributed by atoms with E-state index in [0.29, 0.717) is 0 Å². The van der Waals surface area contributed by atoms with Gasteiger partial charge >= 0.3 is 0 Å². The number of rotatable bonds is 5. The van der Waals surface area contributed by atoms with Crippen molar-refractivity contribution in [1.82, 2.24) is 5.32 Å². The zero-order chi connectivity index (χ0) is 10.4. The summed E-state index contributed by atoms with van der Waals surface area (Å²) < 4.78 is 0. The van der Waals surface area contributed by atoms with Crippen LogP contribution in [0.5, 0.6) is 0 Å². The monoisotopic (exact) mass is 213 g/mol. The maximum Gasteiger partial charge on any atom is 0.0584 e. The number of halogens is 1. The molecule has 0 radical (unpaired) electrons. The maximum atomic E-state index is 8.97. The van der Waals surface area contributed by atoms with Crippen molar-refractivity contribution in [2.75, 3.05) is 6.61 Å². The van der Waals surface area contributed by atoms with Gasteiger partial charge in [0.1, 0.15) is 0 Å². The molecule has 2 nitrogen and oxygen atoms in total. The van der Waals surface area contributed by atoms with Crippen LogP contribution in [0.25, 0.3) is 0 Å². The number of aliphatic hydroxyl groups is 1. The average Bonchev–Trinajstić information content (AvgIpc) is 2.19. The molecule has 0 saturated carbocycles. The summed E-state index contributed by atoms with van der Waals surface area (Å²) >= 11 is 5.85. The second-order valence-corrected chi connectivity index (χ2v) is 3.74. The molecule has 1 aromatic rings. The van der Waals surface area contributed by atoms with Gasteiger partial charge in [-0.15, -0.1) is 0 Å². The number of hydrogen-bond donors (Lipinski definition) is 2. The lowest BCUT2D eigenvalue weighted by molar-refractivity contribution is 0.238. The van der Waals surface area contributed by atoms with E-state index in [1.165, 1.54) is 0 Å². The molecule has 78 valence electrons. The van der Waals surface area contributed by atoms with E-state index in [-0.39, 0.29) is 12.6 Å². The zero-order valence-corrected chi connectivity index (χ0v) is 9.09. The van der Waals surface area contributed by atoms with Crippen LogP contribution < -0.4 is 5.32 Å².